The third kappa shape index (κ3) is 5.20. The van der Waals surface area contributed by atoms with Gasteiger partial charge in [-0.05, 0) is 40.5 Å². The van der Waals surface area contributed by atoms with Crippen LogP contribution in [0.3, 0.4) is 0 Å². The van der Waals surface area contributed by atoms with Crippen LogP contribution in [0.15, 0.2) is 30.3 Å². The first-order valence-electron chi connectivity index (χ1n) is 8.45. The van der Waals surface area contributed by atoms with E-state index < -0.39 is 6.10 Å². The average molecular weight is 411 g/mol. The number of unbranched alkanes of at least 4 members (excludes halogenated alkanes) is 6. The molecule has 0 radical (unpaired) electrons. The fourth-order valence-electron chi connectivity index (χ4n) is 2.88. The maximum absolute atomic E-state index is 10.5. The van der Waals surface area contributed by atoms with E-state index in [0.29, 0.717) is 0 Å². The van der Waals surface area contributed by atoms with Gasteiger partial charge in [0.15, 0.2) is 0 Å². The molecule has 0 aliphatic heterocycles. The van der Waals surface area contributed by atoms with Crippen molar-refractivity contribution < 1.29 is 5.11 Å². The van der Waals surface area contributed by atoms with E-state index in [4.69, 9.17) is 0 Å². The minimum Gasteiger partial charge on any atom is -0.387 e. The number of nitrogens with zero attached hydrogens (tertiary/aromatic N) is 1. The third-order valence-electron chi connectivity index (χ3n) is 4.14. The second-order valence-corrected chi connectivity index (χ2v) is 7.08. The number of aliphatic hydroxyl groups is 1. The first-order chi connectivity index (χ1) is 10.7. The summed E-state index contributed by atoms with van der Waals surface area (Å²) in [6, 6.07) is 10.3. The van der Waals surface area contributed by atoms with Crippen LogP contribution in [0.2, 0.25) is 0 Å². The molecule has 2 nitrogen and oxygen atoms in total. The maximum atomic E-state index is 10.5. The van der Waals surface area contributed by atoms with E-state index >= 15 is 0 Å². The van der Waals surface area contributed by atoms with Crippen molar-refractivity contribution in [1.29, 1.82) is 0 Å². The Morgan fingerprint density at radius 1 is 1.05 bits per heavy atom. The van der Waals surface area contributed by atoms with Gasteiger partial charge in [-0.25, -0.2) is 4.98 Å². The molecule has 0 spiro atoms. The standard InChI is InChI=1S/C19H26INO/c1-2-3-4-5-6-7-8-13-17(22)19-16-12-10-9-11-15(16)14-18(20)21-19/h9-12,14,17,22H,2-8,13H2,1H3. The number of benzene rings is 1. The van der Waals surface area contributed by atoms with Gasteiger partial charge >= 0.3 is 0 Å². The van der Waals surface area contributed by atoms with E-state index in [2.05, 4.69) is 52.7 Å². The second kappa shape index (κ2) is 9.46. The molecule has 0 aliphatic carbocycles. The Balaban J connectivity index is 1.89. The Morgan fingerprint density at radius 3 is 2.50 bits per heavy atom. The monoisotopic (exact) mass is 411 g/mol. The molecule has 1 N–H and O–H groups in total. The van der Waals surface area contributed by atoms with E-state index in [1.165, 1.54) is 38.5 Å². The van der Waals surface area contributed by atoms with Crippen molar-refractivity contribution in [2.45, 2.75) is 64.4 Å². The van der Waals surface area contributed by atoms with Crippen molar-refractivity contribution in [2.75, 3.05) is 0 Å². The van der Waals surface area contributed by atoms with Crippen LogP contribution in [0.1, 0.15) is 70.1 Å². The van der Waals surface area contributed by atoms with Crippen LogP contribution in [0, 0.1) is 3.70 Å². The molecule has 22 heavy (non-hydrogen) atoms. The predicted octanol–water partition coefficient (Wildman–Crippen LogP) is 6.01. The lowest BCUT2D eigenvalue weighted by Crippen LogP contribution is -2.03. The second-order valence-electron chi connectivity index (χ2n) is 5.98. The minimum atomic E-state index is -0.449. The molecule has 120 valence electrons. The summed E-state index contributed by atoms with van der Waals surface area (Å²) in [5.74, 6) is 0. The van der Waals surface area contributed by atoms with Gasteiger partial charge in [0.2, 0.25) is 0 Å². The first kappa shape index (κ1) is 17.7. The molecular weight excluding hydrogens is 385 g/mol. The van der Waals surface area contributed by atoms with Gasteiger partial charge < -0.3 is 5.11 Å². The van der Waals surface area contributed by atoms with Crippen molar-refractivity contribution in [3.8, 4) is 0 Å². The quantitative estimate of drug-likeness (QED) is 0.311. The third-order valence-corrected chi connectivity index (χ3v) is 4.69. The normalized spacial score (nSPS) is 12.7. The van der Waals surface area contributed by atoms with E-state index in [9.17, 15) is 5.11 Å². The Morgan fingerprint density at radius 2 is 1.73 bits per heavy atom. The number of rotatable bonds is 9. The topological polar surface area (TPSA) is 33.1 Å². The molecule has 0 bridgehead atoms. The Hall–Kier alpha value is -0.680. The van der Waals surface area contributed by atoms with Crippen molar-refractivity contribution in [3.63, 3.8) is 0 Å². The molecule has 3 heteroatoms. The molecule has 2 aromatic rings. The minimum absolute atomic E-state index is 0.449. The Kier molecular flexibility index (Phi) is 7.60. The smallest absolute Gasteiger partial charge is 0.102 e. The van der Waals surface area contributed by atoms with E-state index in [-0.39, 0.29) is 0 Å². The fourth-order valence-corrected chi connectivity index (χ4v) is 3.47. The van der Waals surface area contributed by atoms with Crippen molar-refractivity contribution in [2.24, 2.45) is 0 Å². The summed E-state index contributed by atoms with van der Waals surface area (Å²) in [7, 11) is 0. The zero-order chi connectivity index (χ0) is 15.8. The van der Waals surface area contributed by atoms with Gasteiger partial charge in [0.25, 0.3) is 0 Å². The summed E-state index contributed by atoms with van der Waals surface area (Å²) in [4.78, 5) is 4.58. The number of hydrogen-bond donors (Lipinski definition) is 1. The number of aromatic nitrogens is 1. The summed E-state index contributed by atoms with van der Waals surface area (Å²) in [5, 5.41) is 12.8. The molecule has 1 atom stereocenters. The van der Waals surface area contributed by atoms with Crippen LogP contribution in [-0.2, 0) is 0 Å². The SMILES string of the molecule is CCCCCCCCCC(O)c1nc(I)cc2ccccc12. The van der Waals surface area contributed by atoms with Crippen molar-refractivity contribution >= 4 is 33.4 Å². The highest BCUT2D eigenvalue weighted by atomic mass is 127. The van der Waals surface area contributed by atoms with Gasteiger partial charge in [-0.2, -0.15) is 0 Å². The van der Waals surface area contributed by atoms with Crippen LogP contribution in [0.5, 0.6) is 0 Å². The van der Waals surface area contributed by atoms with Crippen LogP contribution in [-0.4, -0.2) is 10.1 Å². The van der Waals surface area contributed by atoms with Gasteiger partial charge in [0, 0.05) is 5.39 Å². The van der Waals surface area contributed by atoms with Gasteiger partial charge in [0.1, 0.15) is 3.70 Å². The highest BCUT2D eigenvalue weighted by molar-refractivity contribution is 14.1. The van der Waals surface area contributed by atoms with Crippen molar-refractivity contribution in [3.05, 3.63) is 39.7 Å². The lowest BCUT2D eigenvalue weighted by Gasteiger charge is -2.13. The maximum Gasteiger partial charge on any atom is 0.102 e. The van der Waals surface area contributed by atoms with Gasteiger partial charge in [-0.1, -0.05) is 76.1 Å². The molecule has 0 saturated heterocycles. The van der Waals surface area contributed by atoms with Gasteiger partial charge in [-0.3, -0.25) is 0 Å². The lowest BCUT2D eigenvalue weighted by molar-refractivity contribution is 0.160. The molecule has 1 aromatic carbocycles. The zero-order valence-electron chi connectivity index (χ0n) is 13.4. The molecule has 0 saturated carbocycles. The van der Waals surface area contributed by atoms with E-state index in [0.717, 1.165) is 33.0 Å². The van der Waals surface area contributed by atoms with Crippen LogP contribution in [0.25, 0.3) is 10.8 Å². The molecule has 1 aromatic heterocycles. The highest BCUT2D eigenvalue weighted by Gasteiger charge is 2.13. The fraction of sp³-hybridized carbons (Fsp3) is 0.526. The van der Waals surface area contributed by atoms with Crippen LogP contribution < -0.4 is 0 Å². The number of hydrogen-bond acceptors (Lipinski definition) is 2. The summed E-state index contributed by atoms with van der Waals surface area (Å²) >= 11 is 2.23. The number of aliphatic hydroxyl groups excluding tert-OH is 1. The molecule has 1 heterocycles. The first-order valence-corrected chi connectivity index (χ1v) is 9.53. The number of pyridine rings is 1. The van der Waals surface area contributed by atoms with E-state index in [1.807, 2.05) is 12.1 Å². The predicted molar refractivity (Wildman–Crippen MR) is 102 cm³/mol. The van der Waals surface area contributed by atoms with Crippen LogP contribution >= 0.6 is 22.6 Å². The summed E-state index contributed by atoms with van der Waals surface area (Å²) in [6.45, 7) is 2.24. The number of fused-ring (bicyclic) bond motifs is 1. The molecule has 0 fully saturated rings. The zero-order valence-corrected chi connectivity index (χ0v) is 15.6. The number of halogens is 1. The Labute approximate surface area is 147 Å². The average Bonchev–Trinajstić information content (AvgIpc) is 2.53. The van der Waals surface area contributed by atoms with Crippen molar-refractivity contribution in [1.82, 2.24) is 4.98 Å². The molecule has 1 unspecified atom stereocenters. The summed E-state index contributed by atoms with van der Waals surface area (Å²) in [5.41, 5.74) is 0.841. The molecular formula is C19H26INO. The van der Waals surface area contributed by atoms with E-state index in [1.54, 1.807) is 0 Å². The van der Waals surface area contributed by atoms with Gasteiger partial charge in [-0.15, -0.1) is 0 Å². The molecule has 0 amide bonds. The summed E-state index contributed by atoms with van der Waals surface area (Å²) < 4.78 is 0.949. The molecule has 2 rings (SSSR count). The van der Waals surface area contributed by atoms with Crippen LogP contribution in [0.4, 0.5) is 0 Å². The highest BCUT2D eigenvalue weighted by Crippen LogP contribution is 2.27. The Bertz CT molecular complexity index is 585. The summed E-state index contributed by atoms with van der Waals surface area (Å²) in [6.07, 6.45) is 9.26. The van der Waals surface area contributed by atoms with Gasteiger partial charge in [0.05, 0.1) is 11.8 Å². The molecule has 0 aliphatic rings. The lowest BCUT2D eigenvalue weighted by atomic mass is 10.0. The largest absolute Gasteiger partial charge is 0.387 e.